The Balaban J connectivity index is 0.000000286. The molecule has 0 amide bonds. The molecule has 0 spiro atoms. The van der Waals surface area contributed by atoms with Gasteiger partial charge in [-0.05, 0) is 44.4 Å². The molecule has 4 heterocycles. The number of carbonyl (C=O) groups is 1. The number of nitrogens with zero attached hydrogens (tertiary/aromatic N) is 3. The lowest BCUT2D eigenvalue weighted by Gasteiger charge is -2.32. The van der Waals surface area contributed by atoms with Gasteiger partial charge in [-0.25, -0.2) is 23.7 Å². The van der Waals surface area contributed by atoms with Crippen molar-refractivity contribution in [3.8, 4) is 17.5 Å². The second-order valence-corrected chi connectivity index (χ2v) is 10.00. The first kappa shape index (κ1) is 25.5. The Morgan fingerprint density at radius 3 is 2.70 bits per heavy atom. The zero-order chi connectivity index (χ0) is 23.8. The second kappa shape index (κ2) is 11.9. The molecule has 0 atom stereocenters. The minimum absolute atomic E-state index is 0.0254. The number of aldehydes is 1. The van der Waals surface area contributed by atoms with Gasteiger partial charge in [0.1, 0.15) is 17.0 Å². The first-order valence-corrected chi connectivity index (χ1v) is 12.4. The minimum atomic E-state index is -2.65. The number of hydrogen-bond donors (Lipinski definition) is 1. The van der Waals surface area contributed by atoms with Gasteiger partial charge in [-0.3, -0.25) is 4.79 Å². The first-order valence-electron chi connectivity index (χ1n) is 10.1. The average molecular weight is 517 g/mol. The molecule has 178 valence electrons. The maximum absolute atomic E-state index is 12.3. The van der Waals surface area contributed by atoms with Crippen LogP contribution < -0.4 is 14.8 Å². The maximum atomic E-state index is 12.3. The number of ether oxygens (including phenoxy) is 2. The monoisotopic (exact) mass is 516 g/mol. The molecular formula is C21H23ClF2N4O3S2. The quantitative estimate of drug-likeness (QED) is 0.413. The highest BCUT2D eigenvalue weighted by molar-refractivity contribution is 7.99. The van der Waals surface area contributed by atoms with Crippen molar-refractivity contribution in [1.29, 1.82) is 0 Å². The van der Waals surface area contributed by atoms with Crippen LogP contribution in [0.5, 0.6) is 17.5 Å². The summed E-state index contributed by atoms with van der Waals surface area (Å²) in [4.78, 5) is 23.4. The summed E-state index contributed by atoms with van der Waals surface area (Å²) in [5.74, 6) is 2.74. The van der Waals surface area contributed by atoms with E-state index < -0.39 is 13.0 Å². The van der Waals surface area contributed by atoms with Crippen LogP contribution >= 0.6 is 34.7 Å². The molecule has 3 aromatic rings. The Hall–Kier alpha value is -2.08. The molecule has 1 fully saturated rings. The highest BCUT2D eigenvalue weighted by Crippen LogP contribution is 2.32. The van der Waals surface area contributed by atoms with Gasteiger partial charge >= 0.3 is 0 Å². The van der Waals surface area contributed by atoms with E-state index in [1.165, 1.54) is 42.7 Å². The number of thiazole rings is 1. The van der Waals surface area contributed by atoms with Gasteiger partial charge in [-0.1, -0.05) is 22.9 Å². The lowest BCUT2D eigenvalue weighted by molar-refractivity contribution is 0.0804. The molecule has 1 aliphatic rings. The normalized spacial score (nSPS) is 15.1. The van der Waals surface area contributed by atoms with Crippen LogP contribution in [0.4, 0.5) is 8.78 Å². The van der Waals surface area contributed by atoms with Crippen molar-refractivity contribution in [2.45, 2.75) is 31.7 Å². The molecule has 3 aromatic heterocycles. The highest BCUT2D eigenvalue weighted by atomic mass is 35.5. The largest absolute Gasteiger partial charge is 0.482 e. The Kier molecular flexibility index (Phi) is 9.19. The number of thioether (sulfide) groups is 1. The summed E-state index contributed by atoms with van der Waals surface area (Å²) in [6.07, 6.45) is 1.93. The molecule has 0 aliphatic carbocycles. The number of carbonyl (C=O) groups excluding carboxylic acids is 1. The van der Waals surface area contributed by atoms with E-state index in [2.05, 4.69) is 46.0 Å². The molecule has 0 unspecified atom stereocenters. The second-order valence-electron chi connectivity index (χ2n) is 7.33. The van der Waals surface area contributed by atoms with Gasteiger partial charge < -0.3 is 14.8 Å². The third-order valence-corrected chi connectivity index (χ3v) is 6.98. The van der Waals surface area contributed by atoms with Gasteiger partial charge in [0.25, 0.3) is 12.3 Å². The Bertz CT molecular complexity index is 1080. The molecule has 0 radical (unpaired) electrons. The fourth-order valence-corrected chi connectivity index (χ4v) is 5.12. The fourth-order valence-electron chi connectivity index (χ4n) is 2.84. The van der Waals surface area contributed by atoms with Crippen molar-refractivity contribution in [1.82, 2.24) is 20.3 Å². The predicted molar refractivity (Wildman–Crippen MR) is 128 cm³/mol. The Morgan fingerprint density at radius 1 is 1.30 bits per heavy atom. The number of halogens is 3. The van der Waals surface area contributed by atoms with Crippen LogP contribution in [0.3, 0.4) is 0 Å². The van der Waals surface area contributed by atoms with E-state index in [1.807, 2.05) is 0 Å². The molecule has 7 nitrogen and oxygen atoms in total. The number of alkyl halides is 2. The lowest BCUT2D eigenvalue weighted by Crippen LogP contribution is -2.42. The van der Waals surface area contributed by atoms with Gasteiger partial charge in [0.15, 0.2) is 17.0 Å². The number of nitrogens with one attached hydrogen (secondary N) is 1. The highest BCUT2D eigenvalue weighted by Gasteiger charge is 2.24. The van der Waals surface area contributed by atoms with Gasteiger partial charge in [0.2, 0.25) is 5.88 Å². The Morgan fingerprint density at radius 2 is 2.06 bits per heavy atom. The molecule has 0 aromatic carbocycles. The van der Waals surface area contributed by atoms with Crippen LogP contribution in [0.2, 0.25) is 5.02 Å². The van der Waals surface area contributed by atoms with Crippen molar-refractivity contribution >= 4 is 51.3 Å². The zero-order valence-electron chi connectivity index (χ0n) is 18.0. The topological polar surface area (TPSA) is 86.2 Å². The number of pyridine rings is 2. The van der Waals surface area contributed by atoms with E-state index in [-0.39, 0.29) is 22.5 Å². The minimum Gasteiger partial charge on any atom is -0.482 e. The standard InChI is InChI=1S/C14H8ClF2N3O3S.C7H15NS/c15-7-3-9(22-6-10(16)17)13(18-4-7)23-11-2-1-8-14(20-11)24-12(5-21)19-8;1-7(8-2)3-5-9-6-4-7/h1-5,10H,6H2;8H,3-6H2,1-2H3. The van der Waals surface area contributed by atoms with Crippen LogP contribution in [0.15, 0.2) is 24.4 Å². The van der Waals surface area contributed by atoms with E-state index >= 15 is 0 Å². The maximum Gasteiger partial charge on any atom is 0.272 e. The van der Waals surface area contributed by atoms with Gasteiger partial charge in [0.05, 0.1) is 5.02 Å². The third-order valence-electron chi connectivity index (χ3n) is 4.90. The molecule has 4 rings (SSSR count). The SMILES string of the molecule is CNC1(C)CCSCC1.O=Cc1nc2ccc(Oc3ncc(Cl)cc3OCC(F)F)nc2s1. The predicted octanol–water partition coefficient (Wildman–Crippen LogP) is 5.48. The van der Waals surface area contributed by atoms with E-state index in [0.717, 1.165) is 11.3 Å². The molecule has 1 saturated heterocycles. The van der Waals surface area contributed by atoms with Crippen molar-refractivity contribution in [3.05, 3.63) is 34.4 Å². The molecule has 0 saturated carbocycles. The molecular weight excluding hydrogens is 494 g/mol. The number of hydrogen-bond acceptors (Lipinski definition) is 9. The molecule has 12 heteroatoms. The van der Waals surface area contributed by atoms with E-state index in [4.69, 9.17) is 21.1 Å². The lowest BCUT2D eigenvalue weighted by atomic mass is 9.95. The third kappa shape index (κ3) is 7.46. The van der Waals surface area contributed by atoms with Gasteiger partial charge in [0, 0.05) is 23.9 Å². The van der Waals surface area contributed by atoms with Crippen LogP contribution in [0, 0.1) is 0 Å². The van der Waals surface area contributed by atoms with Crippen molar-refractivity contribution in [3.63, 3.8) is 0 Å². The fraction of sp³-hybridized carbons (Fsp3) is 0.429. The molecule has 1 N–H and O–H groups in total. The van der Waals surface area contributed by atoms with E-state index in [0.29, 0.717) is 27.2 Å². The van der Waals surface area contributed by atoms with Gasteiger partial charge in [-0.2, -0.15) is 11.8 Å². The summed E-state index contributed by atoms with van der Waals surface area (Å²) in [5.41, 5.74) is 0.998. The van der Waals surface area contributed by atoms with Gasteiger partial charge in [-0.15, -0.1) is 0 Å². The average Bonchev–Trinajstić information content (AvgIpc) is 3.23. The first-order chi connectivity index (χ1) is 15.8. The summed E-state index contributed by atoms with van der Waals surface area (Å²) in [6, 6.07) is 4.46. The smallest absolute Gasteiger partial charge is 0.272 e. The van der Waals surface area contributed by atoms with E-state index in [9.17, 15) is 13.6 Å². The summed E-state index contributed by atoms with van der Waals surface area (Å²) in [6.45, 7) is 1.50. The summed E-state index contributed by atoms with van der Waals surface area (Å²) in [5, 5.41) is 3.87. The van der Waals surface area contributed by atoms with E-state index in [1.54, 1.807) is 6.07 Å². The summed E-state index contributed by atoms with van der Waals surface area (Å²) in [7, 11) is 2.07. The van der Waals surface area contributed by atoms with Crippen molar-refractivity contribution < 1.29 is 23.0 Å². The van der Waals surface area contributed by atoms with Crippen LogP contribution in [-0.2, 0) is 0 Å². The number of fused-ring (bicyclic) bond motifs is 1. The molecule has 0 bridgehead atoms. The number of rotatable bonds is 7. The number of aromatic nitrogens is 3. The summed E-state index contributed by atoms with van der Waals surface area (Å²) >= 11 is 8.96. The van der Waals surface area contributed by atoms with Crippen molar-refractivity contribution in [2.75, 3.05) is 25.2 Å². The zero-order valence-corrected chi connectivity index (χ0v) is 20.4. The summed E-state index contributed by atoms with van der Waals surface area (Å²) < 4.78 is 35.1. The van der Waals surface area contributed by atoms with Crippen LogP contribution in [0.1, 0.15) is 29.6 Å². The molecule has 1 aliphatic heterocycles. The molecule has 33 heavy (non-hydrogen) atoms. The van der Waals surface area contributed by atoms with Crippen LogP contribution in [0.25, 0.3) is 10.3 Å². The Labute approximate surface area is 203 Å². The van der Waals surface area contributed by atoms with Crippen LogP contribution in [-0.4, -0.2) is 58.4 Å². The van der Waals surface area contributed by atoms with Crippen molar-refractivity contribution in [2.24, 2.45) is 0 Å².